The van der Waals surface area contributed by atoms with Crippen molar-refractivity contribution < 1.29 is 13.9 Å². The molecule has 0 unspecified atom stereocenters. The molecule has 1 amide bonds. The highest BCUT2D eigenvalue weighted by atomic mass is 32.1. The molecule has 0 spiro atoms. The zero-order chi connectivity index (χ0) is 14.5. The average molecular weight is 305 g/mol. The molecule has 1 saturated heterocycles. The summed E-state index contributed by atoms with van der Waals surface area (Å²) in [5, 5.41) is 2.01. The number of amides is 1. The topological polar surface area (TPSA) is 42.7 Å². The number of hydrogen-bond donors (Lipinski definition) is 0. The van der Waals surface area contributed by atoms with Crippen LogP contribution in [0.5, 0.6) is 0 Å². The Balaban J connectivity index is 1.72. The predicted octanol–water partition coefficient (Wildman–Crippen LogP) is 3.09. The van der Waals surface area contributed by atoms with E-state index in [9.17, 15) is 4.79 Å². The summed E-state index contributed by atoms with van der Waals surface area (Å²) >= 11 is 1.63. The van der Waals surface area contributed by atoms with E-state index in [2.05, 4.69) is 0 Å². The second kappa shape index (κ2) is 6.91. The van der Waals surface area contributed by atoms with E-state index in [0.29, 0.717) is 13.0 Å². The second-order valence-corrected chi connectivity index (χ2v) is 6.23. The van der Waals surface area contributed by atoms with E-state index >= 15 is 0 Å². The average Bonchev–Trinajstić information content (AvgIpc) is 3.19. The van der Waals surface area contributed by atoms with E-state index in [0.717, 1.165) is 36.7 Å². The molecule has 1 aliphatic rings. The number of ether oxygens (including phenoxy) is 1. The highest BCUT2D eigenvalue weighted by Gasteiger charge is 2.26. The van der Waals surface area contributed by atoms with Gasteiger partial charge in [-0.2, -0.15) is 0 Å². The van der Waals surface area contributed by atoms with E-state index in [4.69, 9.17) is 9.15 Å². The summed E-state index contributed by atoms with van der Waals surface area (Å²) in [6.45, 7) is 2.00. The van der Waals surface area contributed by atoms with Crippen molar-refractivity contribution in [2.45, 2.75) is 31.8 Å². The number of nitrogens with zero attached hydrogens (tertiary/aromatic N) is 1. The molecule has 21 heavy (non-hydrogen) atoms. The van der Waals surface area contributed by atoms with Crippen molar-refractivity contribution in [2.24, 2.45) is 0 Å². The summed E-state index contributed by atoms with van der Waals surface area (Å²) in [6, 6.07) is 8.03. The Morgan fingerprint density at radius 2 is 2.14 bits per heavy atom. The maximum Gasteiger partial charge on any atom is 0.228 e. The number of rotatable bonds is 5. The molecule has 1 fully saturated rings. The van der Waals surface area contributed by atoms with Gasteiger partial charge in [-0.15, -0.1) is 11.3 Å². The summed E-state index contributed by atoms with van der Waals surface area (Å²) in [7, 11) is 0. The van der Waals surface area contributed by atoms with Crippen molar-refractivity contribution in [3.63, 3.8) is 0 Å². The first-order valence-corrected chi connectivity index (χ1v) is 8.13. The van der Waals surface area contributed by atoms with Gasteiger partial charge in [0.1, 0.15) is 5.76 Å². The van der Waals surface area contributed by atoms with Crippen LogP contribution < -0.4 is 0 Å². The van der Waals surface area contributed by atoms with Crippen molar-refractivity contribution in [3.05, 3.63) is 46.5 Å². The van der Waals surface area contributed by atoms with Crippen molar-refractivity contribution in [2.75, 3.05) is 13.2 Å². The fraction of sp³-hybridized carbons (Fsp3) is 0.438. The Labute approximate surface area is 128 Å². The minimum absolute atomic E-state index is 0.167. The summed E-state index contributed by atoms with van der Waals surface area (Å²) in [5.41, 5.74) is 0. The second-order valence-electron chi connectivity index (χ2n) is 5.20. The van der Waals surface area contributed by atoms with Crippen LogP contribution in [0.1, 0.15) is 23.5 Å². The minimum atomic E-state index is 0.167. The lowest BCUT2D eigenvalue weighted by atomic mass is 10.1. The molecule has 0 atom stereocenters. The normalized spacial score (nSPS) is 16.0. The zero-order valence-corrected chi connectivity index (χ0v) is 12.7. The van der Waals surface area contributed by atoms with Gasteiger partial charge in [0, 0.05) is 24.1 Å². The van der Waals surface area contributed by atoms with Gasteiger partial charge in [-0.1, -0.05) is 6.07 Å². The lowest BCUT2D eigenvalue weighted by Gasteiger charge is -2.33. The molecule has 5 heteroatoms. The number of hydrogen-bond acceptors (Lipinski definition) is 4. The quantitative estimate of drug-likeness (QED) is 0.852. The van der Waals surface area contributed by atoms with Gasteiger partial charge in [0.15, 0.2) is 0 Å². The third-order valence-corrected chi connectivity index (χ3v) is 4.64. The van der Waals surface area contributed by atoms with E-state index in [1.165, 1.54) is 0 Å². The molecule has 1 aliphatic heterocycles. The van der Waals surface area contributed by atoms with Crippen LogP contribution in [-0.2, 0) is 22.5 Å². The standard InChI is InChI=1S/C16H19NO3S/c18-16(11-15-4-2-10-21-15)17(12-14-3-1-7-20-14)13-5-8-19-9-6-13/h1-4,7,10,13H,5-6,8-9,11-12H2. The molecule has 0 aromatic carbocycles. The van der Waals surface area contributed by atoms with Gasteiger partial charge in [-0.3, -0.25) is 4.79 Å². The van der Waals surface area contributed by atoms with Gasteiger partial charge in [0.05, 0.1) is 19.2 Å². The molecule has 3 heterocycles. The summed E-state index contributed by atoms with van der Waals surface area (Å²) < 4.78 is 10.8. The molecule has 0 aliphatic carbocycles. The maximum absolute atomic E-state index is 12.7. The van der Waals surface area contributed by atoms with E-state index < -0.39 is 0 Å². The molecule has 0 N–H and O–H groups in total. The first-order chi connectivity index (χ1) is 10.3. The molecule has 0 radical (unpaired) electrons. The van der Waals surface area contributed by atoms with Gasteiger partial charge in [-0.05, 0) is 36.4 Å². The van der Waals surface area contributed by atoms with Gasteiger partial charge >= 0.3 is 0 Å². The first kappa shape index (κ1) is 14.4. The molecule has 2 aromatic heterocycles. The van der Waals surface area contributed by atoms with Crippen molar-refractivity contribution >= 4 is 17.2 Å². The fourth-order valence-electron chi connectivity index (χ4n) is 2.65. The van der Waals surface area contributed by atoms with E-state index in [-0.39, 0.29) is 11.9 Å². The molecule has 112 valence electrons. The predicted molar refractivity (Wildman–Crippen MR) is 81.1 cm³/mol. The molecule has 0 bridgehead atoms. The van der Waals surface area contributed by atoms with E-state index in [1.54, 1.807) is 17.6 Å². The van der Waals surface area contributed by atoms with Crippen molar-refractivity contribution in [1.29, 1.82) is 0 Å². The Morgan fingerprint density at radius 3 is 2.81 bits per heavy atom. The Kier molecular flexibility index (Phi) is 4.72. The van der Waals surface area contributed by atoms with Crippen LogP contribution in [0.25, 0.3) is 0 Å². The molecule has 0 saturated carbocycles. The van der Waals surface area contributed by atoms with Crippen LogP contribution in [0, 0.1) is 0 Å². The largest absolute Gasteiger partial charge is 0.467 e. The van der Waals surface area contributed by atoms with Crippen LogP contribution in [0.15, 0.2) is 40.3 Å². The highest BCUT2D eigenvalue weighted by molar-refractivity contribution is 7.10. The van der Waals surface area contributed by atoms with Gasteiger partial charge in [-0.25, -0.2) is 0 Å². The summed E-state index contributed by atoms with van der Waals surface area (Å²) in [6.07, 6.45) is 3.92. The zero-order valence-electron chi connectivity index (χ0n) is 11.9. The molecule has 2 aromatic rings. The Bertz CT molecular complexity index is 544. The number of carbonyl (C=O) groups is 1. The van der Waals surface area contributed by atoms with Crippen LogP contribution in [-0.4, -0.2) is 30.1 Å². The highest BCUT2D eigenvalue weighted by Crippen LogP contribution is 2.20. The van der Waals surface area contributed by atoms with E-state index in [1.807, 2.05) is 34.5 Å². The summed E-state index contributed by atoms with van der Waals surface area (Å²) in [4.78, 5) is 15.8. The molecule has 3 rings (SSSR count). The smallest absolute Gasteiger partial charge is 0.228 e. The maximum atomic E-state index is 12.7. The molecule has 4 nitrogen and oxygen atoms in total. The van der Waals surface area contributed by atoms with Gasteiger partial charge < -0.3 is 14.1 Å². The number of furan rings is 1. The lowest BCUT2D eigenvalue weighted by Crippen LogP contribution is -2.43. The summed E-state index contributed by atoms with van der Waals surface area (Å²) in [5.74, 6) is 1.00. The monoisotopic (exact) mass is 305 g/mol. The molecular weight excluding hydrogens is 286 g/mol. The third-order valence-electron chi connectivity index (χ3n) is 3.76. The minimum Gasteiger partial charge on any atom is -0.467 e. The van der Waals surface area contributed by atoms with Crippen LogP contribution in [0.3, 0.4) is 0 Å². The number of carbonyl (C=O) groups excluding carboxylic acids is 1. The Hall–Kier alpha value is -1.59. The van der Waals surface area contributed by atoms with Crippen LogP contribution in [0.4, 0.5) is 0 Å². The first-order valence-electron chi connectivity index (χ1n) is 7.25. The Morgan fingerprint density at radius 1 is 1.29 bits per heavy atom. The molecular formula is C16H19NO3S. The van der Waals surface area contributed by atoms with Crippen molar-refractivity contribution in [3.8, 4) is 0 Å². The number of thiophene rings is 1. The van der Waals surface area contributed by atoms with Crippen molar-refractivity contribution in [1.82, 2.24) is 4.90 Å². The van der Waals surface area contributed by atoms with Gasteiger partial charge in [0.2, 0.25) is 5.91 Å². The SMILES string of the molecule is O=C(Cc1cccs1)N(Cc1ccco1)C1CCOCC1. The third kappa shape index (κ3) is 3.74. The fourth-order valence-corrected chi connectivity index (χ4v) is 3.35. The lowest BCUT2D eigenvalue weighted by molar-refractivity contribution is -0.135. The van der Waals surface area contributed by atoms with Crippen LogP contribution >= 0.6 is 11.3 Å². The van der Waals surface area contributed by atoms with Gasteiger partial charge in [0.25, 0.3) is 0 Å². The van der Waals surface area contributed by atoms with Crippen LogP contribution in [0.2, 0.25) is 0 Å².